The molecular weight excluding hydrogens is 232 g/mol. The Morgan fingerprint density at radius 3 is 3.00 bits per heavy atom. The number of aromatic nitrogens is 4. The van der Waals surface area contributed by atoms with Gasteiger partial charge in [0.1, 0.15) is 17.5 Å². The monoisotopic (exact) mass is 242 g/mol. The lowest BCUT2D eigenvalue weighted by Gasteiger charge is -2.04. The average molecular weight is 242 g/mol. The van der Waals surface area contributed by atoms with Crippen LogP contribution in [-0.2, 0) is 0 Å². The summed E-state index contributed by atoms with van der Waals surface area (Å²) in [6, 6.07) is 8.21. The van der Waals surface area contributed by atoms with Gasteiger partial charge in [-0.3, -0.25) is 4.57 Å². The molecule has 2 aromatic heterocycles. The van der Waals surface area contributed by atoms with Gasteiger partial charge in [-0.1, -0.05) is 24.4 Å². The topological polar surface area (TPSA) is 46.5 Å². The minimum atomic E-state index is 0.519. The summed E-state index contributed by atoms with van der Waals surface area (Å²) < 4.78 is 2.49. The molecule has 1 N–H and O–H groups in total. The average Bonchev–Trinajstić information content (AvgIpc) is 2.74. The van der Waals surface area contributed by atoms with Crippen LogP contribution in [-0.4, -0.2) is 19.5 Å². The highest BCUT2D eigenvalue weighted by Crippen LogP contribution is 2.16. The predicted molar refractivity (Wildman–Crippen MR) is 68.8 cm³/mol. The van der Waals surface area contributed by atoms with E-state index in [9.17, 15) is 0 Å². The number of hydrogen-bond donors (Lipinski definition) is 1. The molecule has 0 bridgehead atoms. The zero-order valence-corrected chi connectivity index (χ0v) is 10.0. The summed E-state index contributed by atoms with van der Waals surface area (Å²) in [4.78, 5) is 11.4. The summed E-state index contributed by atoms with van der Waals surface area (Å²) >= 11 is 5.14. The van der Waals surface area contributed by atoms with E-state index in [4.69, 9.17) is 12.2 Å². The molecule has 5 heteroatoms. The molecule has 1 aromatic carbocycles. The van der Waals surface area contributed by atoms with Crippen molar-refractivity contribution in [2.45, 2.75) is 6.92 Å². The van der Waals surface area contributed by atoms with Gasteiger partial charge in [0.05, 0.1) is 6.33 Å². The minimum absolute atomic E-state index is 0.519. The molecule has 4 nitrogen and oxygen atoms in total. The zero-order chi connectivity index (χ0) is 11.8. The molecule has 3 aromatic rings. The van der Waals surface area contributed by atoms with Crippen LogP contribution in [0, 0.1) is 11.6 Å². The van der Waals surface area contributed by atoms with Crippen molar-refractivity contribution in [2.24, 2.45) is 0 Å². The highest BCUT2D eigenvalue weighted by Gasteiger charge is 2.06. The van der Waals surface area contributed by atoms with E-state index >= 15 is 0 Å². The van der Waals surface area contributed by atoms with Crippen LogP contribution >= 0.6 is 12.2 Å². The number of nitrogens with one attached hydrogen (secondary N) is 1. The maximum Gasteiger partial charge on any atom is 0.157 e. The molecule has 0 radical (unpaired) electrons. The van der Waals surface area contributed by atoms with Crippen LogP contribution in [0.25, 0.3) is 16.9 Å². The lowest BCUT2D eigenvalue weighted by atomic mass is 10.2. The number of aromatic amines is 1. The quantitative estimate of drug-likeness (QED) is 0.667. The lowest BCUT2D eigenvalue weighted by Crippen LogP contribution is -1.94. The molecule has 2 heterocycles. The zero-order valence-electron chi connectivity index (χ0n) is 9.21. The van der Waals surface area contributed by atoms with Crippen LogP contribution in [0.3, 0.4) is 0 Å². The van der Waals surface area contributed by atoms with E-state index in [-0.39, 0.29) is 0 Å². The van der Waals surface area contributed by atoms with Crippen LogP contribution in [0.5, 0.6) is 0 Å². The Balaban J connectivity index is 2.32. The molecule has 0 saturated carbocycles. The molecule has 0 aliphatic rings. The van der Waals surface area contributed by atoms with E-state index in [1.54, 1.807) is 12.7 Å². The lowest BCUT2D eigenvalue weighted by molar-refractivity contribution is 1.05. The van der Waals surface area contributed by atoms with Crippen molar-refractivity contribution in [1.82, 2.24) is 19.5 Å². The van der Waals surface area contributed by atoms with Crippen molar-refractivity contribution in [2.75, 3.05) is 0 Å². The SMILES string of the molecule is Cc1cccc(-n2cnc3c(=S)nc[nH]c32)c1. The van der Waals surface area contributed by atoms with Gasteiger partial charge in [0, 0.05) is 5.69 Å². The number of hydrogen-bond acceptors (Lipinski definition) is 3. The fourth-order valence-corrected chi connectivity index (χ4v) is 2.03. The van der Waals surface area contributed by atoms with Gasteiger partial charge < -0.3 is 4.98 Å². The van der Waals surface area contributed by atoms with Crippen LogP contribution in [0.2, 0.25) is 0 Å². The molecule has 0 saturated heterocycles. The largest absolute Gasteiger partial charge is 0.330 e. The molecule has 0 amide bonds. The fraction of sp³-hybridized carbons (Fsp3) is 0.0833. The Morgan fingerprint density at radius 2 is 2.18 bits per heavy atom. The molecule has 0 spiro atoms. The van der Waals surface area contributed by atoms with Gasteiger partial charge in [-0.2, -0.15) is 0 Å². The summed E-state index contributed by atoms with van der Waals surface area (Å²) in [5.74, 6) is 0. The number of rotatable bonds is 1. The second kappa shape index (κ2) is 3.78. The standard InChI is InChI=1S/C12H10N4S/c1-8-3-2-4-9(5-8)16-7-15-10-11(16)13-6-14-12(10)17/h2-7H,1H3,(H,13,14,17). The summed E-state index contributed by atoms with van der Waals surface area (Å²) in [5, 5.41) is 0. The first kappa shape index (κ1) is 10.2. The van der Waals surface area contributed by atoms with Crippen molar-refractivity contribution in [1.29, 1.82) is 0 Å². The minimum Gasteiger partial charge on any atom is -0.330 e. The van der Waals surface area contributed by atoms with Crippen molar-refractivity contribution in [3.63, 3.8) is 0 Å². The van der Waals surface area contributed by atoms with Gasteiger partial charge >= 0.3 is 0 Å². The molecule has 0 fully saturated rings. The van der Waals surface area contributed by atoms with Crippen molar-refractivity contribution >= 4 is 23.4 Å². The maximum atomic E-state index is 5.14. The van der Waals surface area contributed by atoms with Crippen LogP contribution in [0.15, 0.2) is 36.9 Å². The predicted octanol–water partition coefficient (Wildman–Crippen LogP) is 2.79. The van der Waals surface area contributed by atoms with E-state index in [1.807, 2.05) is 16.7 Å². The third kappa shape index (κ3) is 1.64. The van der Waals surface area contributed by atoms with Gasteiger partial charge in [-0.15, -0.1) is 0 Å². The maximum absolute atomic E-state index is 5.14. The third-order valence-electron chi connectivity index (χ3n) is 2.63. The molecule has 84 valence electrons. The Hall–Kier alpha value is -2.01. The first-order valence-corrected chi connectivity index (χ1v) is 5.64. The van der Waals surface area contributed by atoms with Crippen LogP contribution < -0.4 is 0 Å². The molecule has 0 aliphatic carbocycles. The first-order chi connectivity index (χ1) is 8.25. The normalized spacial score (nSPS) is 10.9. The van der Waals surface area contributed by atoms with Crippen LogP contribution in [0.1, 0.15) is 5.56 Å². The van der Waals surface area contributed by atoms with E-state index in [1.165, 1.54) is 5.56 Å². The van der Waals surface area contributed by atoms with Gasteiger partial charge in [0.2, 0.25) is 0 Å². The molecule has 3 rings (SSSR count). The number of benzene rings is 1. The smallest absolute Gasteiger partial charge is 0.157 e. The summed E-state index contributed by atoms with van der Waals surface area (Å²) in [6.07, 6.45) is 3.35. The van der Waals surface area contributed by atoms with Crippen molar-refractivity contribution in [3.8, 4) is 5.69 Å². The summed E-state index contributed by atoms with van der Waals surface area (Å²) in [7, 11) is 0. The number of H-pyrrole nitrogens is 1. The van der Waals surface area contributed by atoms with Crippen LogP contribution in [0.4, 0.5) is 0 Å². The fourth-order valence-electron chi connectivity index (χ4n) is 1.83. The Kier molecular flexibility index (Phi) is 2.26. The number of imidazole rings is 1. The first-order valence-electron chi connectivity index (χ1n) is 5.23. The van der Waals surface area contributed by atoms with Gasteiger partial charge in [-0.25, -0.2) is 9.97 Å². The second-order valence-corrected chi connectivity index (χ2v) is 4.25. The van der Waals surface area contributed by atoms with E-state index in [2.05, 4.69) is 34.0 Å². The van der Waals surface area contributed by atoms with Crippen molar-refractivity contribution < 1.29 is 0 Å². The number of fused-ring (bicyclic) bond motifs is 1. The number of nitrogens with zero attached hydrogens (tertiary/aromatic N) is 3. The second-order valence-electron chi connectivity index (χ2n) is 3.86. The third-order valence-corrected chi connectivity index (χ3v) is 2.93. The molecule has 0 unspecified atom stereocenters. The Labute approximate surface area is 103 Å². The molecule has 17 heavy (non-hydrogen) atoms. The Morgan fingerprint density at radius 1 is 1.29 bits per heavy atom. The van der Waals surface area contributed by atoms with E-state index in [0.717, 1.165) is 16.9 Å². The summed E-state index contributed by atoms with van der Waals surface area (Å²) in [6.45, 7) is 2.06. The van der Waals surface area contributed by atoms with E-state index < -0.39 is 0 Å². The molecule has 0 aliphatic heterocycles. The molecular formula is C12H10N4S. The van der Waals surface area contributed by atoms with Gasteiger partial charge in [0.25, 0.3) is 0 Å². The Bertz CT molecular complexity index is 741. The highest BCUT2D eigenvalue weighted by atomic mass is 32.1. The molecule has 0 atom stereocenters. The highest BCUT2D eigenvalue weighted by molar-refractivity contribution is 7.71. The number of aryl methyl sites for hydroxylation is 1. The van der Waals surface area contributed by atoms with Crippen molar-refractivity contribution in [3.05, 3.63) is 47.1 Å². The van der Waals surface area contributed by atoms with Gasteiger partial charge in [-0.05, 0) is 24.6 Å². The summed E-state index contributed by atoms with van der Waals surface area (Å²) in [5.41, 5.74) is 3.86. The van der Waals surface area contributed by atoms with Gasteiger partial charge in [0.15, 0.2) is 4.64 Å². The van der Waals surface area contributed by atoms with E-state index in [0.29, 0.717) is 4.64 Å².